The lowest BCUT2D eigenvalue weighted by atomic mass is 10.1. The van der Waals surface area contributed by atoms with Gasteiger partial charge >= 0.3 is 0 Å². The van der Waals surface area contributed by atoms with Crippen LogP contribution in [-0.2, 0) is 0 Å². The Hall–Kier alpha value is -0.660. The van der Waals surface area contributed by atoms with Crippen molar-refractivity contribution in [2.45, 2.75) is 32.4 Å². The topological polar surface area (TPSA) is 24.7 Å². The summed E-state index contributed by atoms with van der Waals surface area (Å²) in [7, 11) is 0. The molecule has 0 N–H and O–H groups in total. The van der Waals surface area contributed by atoms with Crippen LogP contribution in [0.25, 0.3) is 0 Å². The molecule has 0 bridgehead atoms. The second-order valence-corrected chi connectivity index (χ2v) is 2.31. The van der Waals surface area contributed by atoms with Gasteiger partial charge in [-0.05, 0) is 13.3 Å². The van der Waals surface area contributed by atoms with Gasteiger partial charge in [0.25, 0.3) is 0 Å². The molecular weight excluding hydrogens is 112 g/mol. The SMILES string of the molecule is CCC1N=CC=NC1C. The van der Waals surface area contributed by atoms with Gasteiger partial charge in [0.2, 0.25) is 0 Å². The van der Waals surface area contributed by atoms with E-state index in [0.29, 0.717) is 12.1 Å². The Morgan fingerprint density at radius 2 is 2.00 bits per heavy atom. The van der Waals surface area contributed by atoms with Crippen molar-refractivity contribution in [3.05, 3.63) is 0 Å². The molecule has 9 heavy (non-hydrogen) atoms. The van der Waals surface area contributed by atoms with Crippen LogP contribution in [0.2, 0.25) is 0 Å². The minimum Gasteiger partial charge on any atom is -0.286 e. The van der Waals surface area contributed by atoms with Gasteiger partial charge in [-0.3, -0.25) is 9.98 Å². The molecule has 0 radical (unpaired) electrons. The molecule has 2 nitrogen and oxygen atoms in total. The molecule has 0 saturated heterocycles. The quantitative estimate of drug-likeness (QED) is 0.503. The van der Waals surface area contributed by atoms with E-state index in [0.717, 1.165) is 6.42 Å². The molecule has 0 aliphatic carbocycles. The predicted octanol–water partition coefficient (Wildman–Crippen LogP) is 1.31. The van der Waals surface area contributed by atoms with Gasteiger partial charge in [-0.1, -0.05) is 6.92 Å². The number of hydrogen-bond acceptors (Lipinski definition) is 2. The molecule has 2 heteroatoms. The van der Waals surface area contributed by atoms with E-state index in [4.69, 9.17) is 0 Å². The molecule has 0 saturated carbocycles. The maximum absolute atomic E-state index is 4.25. The van der Waals surface area contributed by atoms with Crippen LogP contribution >= 0.6 is 0 Å². The molecule has 2 unspecified atom stereocenters. The van der Waals surface area contributed by atoms with Crippen molar-refractivity contribution in [1.29, 1.82) is 0 Å². The Morgan fingerprint density at radius 3 is 2.44 bits per heavy atom. The Balaban J connectivity index is 2.55. The molecular formula is C7H12N2. The molecule has 1 heterocycles. The highest BCUT2D eigenvalue weighted by Crippen LogP contribution is 2.08. The normalized spacial score (nSPS) is 33.1. The first-order chi connectivity index (χ1) is 4.34. The van der Waals surface area contributed by atoms with Crippen LogP contribution in [0.3, 0.4) is 0 Å². The molecule has 1 aliphatic rings. The van der Waals surface area contributed by atoms with E-state index in [9.17, 15) is 0 Å². The van der Waals surface area contributed by atoms with Crippen molar-refractivity contribution in [3.63, 3.8) is 0 Å². The van der Waals surface area contributed by atoms with E-state index in [-0.39, 0.29) is 0 Å². The van der Waals surface area contributed by atoms with Crippen LogP contribution in [0.5, 0.6) is 0 Å². The summed E-state index contributed by atoms with van der Waals surface area (Å²) < 4.78 is 0. The summed E-state index contributed by atoms with van der Waals surface area (Å²) >= 11 is 0. The molecule has 0 aromatic rings. The first kappa shape index (κ1) is 6.46. The van der Waals surface area contributed by atoms with Gasteiger partial charge < -0.3 is 0 Å². The Bertz CT molecular complexity index is 138. The summed E-state index contributed by atoms with van der Waals surface area (Å²) in [6, 6.07) is 0.815. The number of nitrogens with zero attached hydrogens (tertiary/aromatic N) is 2. The zero-order chi connectivity index (χ0) is 6.69. The smallest absolute Gasteiger partial charge is 0.0718 e. The molecule has 50 valence electrons. The standard InChI is InChI=1S/C7H12N2/c1-3-7-6(2)8-4-5-9-7/h4-7H,3H2,1-2H3. The summed E-state index contributed by atoms with van der Waals surface area (Å²) in [5.74, 6) is 0. The molecule has 0 spiro atoms. The van der Waals surface area contributed by atoms with Gasteiger partial charge in [0.05, 0.1) is 12.1 Å². The molecule has 1 rings (SSSR count). The molecule has 2 atom stereocenters. The Labute approximate surface area is 55.7 Å². The molecule has 0 aromatic heterocycles. The summed E-state index contributed by atoms with van der Waals surface area (Å²) in [6.07, 6.45) is 4.65. The third kappa shape index (κ3) is 1.37. The first-order valence-electron chi connectivity index (χ1n) is 3.39. The van der Waals surface area contributed by atoms with E-state index in [1.54, 1.807) is 12.4 Å². The van der Waals surface area contributed by atoms with E-state index in [2.05, 4.69) is 23.8 Å². The Morgan fingerprint density at radius 1 is 1.33 bits per heavy atom. The van der Waals surface area contributed by atoms with Crippen LogP contribution in [0, 0.1) is 0 Å². The lowest BCUT2D eigenvalue weighted by molar-refractivity contribution is 0.549. The van der Waals surface area contributed by atoms with E-state index < -0.39 is 0 Å². The number of aliphatic imine (C=N–C) groups is 2. The van der Waals surface area contributed by atoms with Gasteiger partial charge in [0, 0.05) is 12.4 Å². The summed E-state index contributed by atoms with van der Waals surface area (Å²) in [5, 5.41) is 0. The van der Waals surface area contributed by atoms with Gasteiger partial charge in [-0.25, -0.2) is 0 Å². The highest BCUT2D eigenvalue weighted by molar-refractivity contribution is 6.16. The van der Waals surface area contributed by atoms with Crippen LogP contribution in [-0.4, -0.2) is 24.5 Å². The number of rotatable bonds is 1. The maximum atomic E-state index is 4.25. The minimum absolute atomic E-state index is 0.389. The monoisotopic (exact) mass is 124 g/mol. The van der Waals surface area contributed by atoms with E-state index in [1.807, 2.05) is 0 Å². The van der Waals surface area contributed by atoms with Gasteiger partial charge in [0.1, 0.15) is 0 Å². The average molecular weight is 124 g/mol. The van der Waals surface area contributed by atoms with E-state index in [1.165, 1.54) is 0 Å². The van der Waals surface area contributed by atoms with E-state index >= 15 is 0 Å². The third-order valence-corrected chi connectivity index (χ3v) is 1.64. The highest BCUT2D eigenvalue weighted by atomic mass is 14.9. The second-order valence-electron chi connectivity index (χ2n) is 2.31. The summed E-state index contributed by atoms with van der Waals surface area (Å²) in [6.45, 7) is 4.24. The van der Waals surface area contributed by atoms with Crippen LogP contribution < -0.4 is 0 Å². The van der Waals surface area contributed by atoms with Crippen LogP contribution in [0.4, 0.5) is 0 Å². The number of hydrogen-bond donors (Lipinski definition) is 0. The lowest BCUT2D eigenvalue weighted by Gasteiger charge is -2.16. The van der Waals surface area contributed by atoms with Crippen molar-refractivity contribution in [3.8, 4) is 0 Å². The highest BCUT2D eigenvalue weighted by Gasteiger charge is 2.12. The van der Waals surface area contributed by atoms with Crippen molar-refractivity contribution in [1.82, 2.24) is 0 Å². The fourth-order valence-electron chi connectivity index (χ4n) is 0.994. The minimum atomic E-state index is 0.389. The third-order valence-electron chi connectivity index (χ3n) is 1.64. The van der Waals surface area contributed by atoms with Gasteiger partial charge in [-0.15, -0.1) is 0 Å². The molecule has 0 fully saturated rings. The largest absolute Gasteiger partial charge is 0.286 e. The zero-order valence-corrected chi connectivity index (χ0v) is 5.91. The average Bonchev–Trinajstić information content (AvgIpc) is 1.89. The summed E-state index contributed by atoms with van der Waals surface area (Å²) in [5.41, 5.74) is 0. The van der Waals surface area contributed by atoms with Crippen molar-refractivity contribution >= 4 is 12.4 Å². The maximum Gasteiger partial charge on any atom is 0.0718 e. The van der Waals surface area contributed by atoms with Crippen molar-refractivity contribution in [2.24, 2.45) is 9.98 Å². The summed E-state index contributed by atoms with van der Waals surface area (Å²) in [4.78, 5) is 8.46. The van der Waals surface area contributed by atoms with Crippen molar-refractivity contribution < 1.29 is 0 Å². The fourth-order valence-corrected chi connectivity index (χ4v) is 0.994. The lowest BCUT2D eigenvalue weighted by Crippen LogP contribution is -2.21. The first-order valence-corrected chi connectivity index (χ1v) is 3.39. The molecule has 1 aliphatic heterocycles. The van der Waals surface area contributed by atoms with Gasteiger partial charge in [0.15, 0.2) is 0 Å². The Kier molecular flexibility index (Phi) is 1.98. The second kappa shape index (κ2) is 2.76. The van der Waals surface area contributed by atoms with Crippen molar-refractivity contribution in [2.75, 3.05) is 0 Å². The molecule has 0 amide bonds. The van der Waals surface area contributed by atoms with Crippen LogP contribution in [0.1, 0.15) is 20.3 Å². The fraction of sp³-hybridized carbons (Fsp3) is 0.714. The van der Waals surface area contributed by atoms with Crippen LogP contribution in [0.15, 0.2) is 9.98 Å². The van der Waals surface area contributed by atoms with Gasteiger partial charge in [-0.2, -0.15) is 0 Å². The zero-order valence-electron chi connectivity index (χ0n) is 5.91. The predicted molar refractivity (Wildman–Crippen MR) is 40.5 cm³/mol. The molecule has 0 aromatic carbocycles.